The van der Waals surface area contributed by atoms with Gasteiger partial charge in [-0.15, -0.1) is 5.10 Å². The summed E-state index contributed by atoms with van der Waals surface area (Å²) in [5.41, 5.74) is 0.726. The van der Waals surface area contributed by atoms with Crippen molar-refractivity contribution in [3.63, 3.8) is 0 Å². The van der Waals surface area contributed by atoms with Gasteiger partial charge in [0.25, 0.3) is 11.5 Å². The Hall–Kier alpha value is -2.94. The van der Waals surface area contributed by atoms with Gasteiger partial charge >= 0.3 is 5.69 Å². The van der Waals surface area contributed by atoms with Crippen molar-refractivity contribution in [2.24, 2.45) is 19.2 Å². The Kier molecular flexibility index (Phi) is 6.17. The first-order valence-electron chi connectivity index (χ1n) is 7.65. The number of hydrazone groups is 1. The summed E-state index contributed by atoms with van der Waals surface area (Å²) in [6.45, 7) is -1.23. The summed E-state index contributed by atoms with van der Waals surface area (Å²) in [6.07, 6.45) is -4.16. The van der Waals surface area contributed by atoms with Crippen molar-refractivity contribution >= 4 is 23.3 Å². The highest BCUT2D eigenvalue weighted by atomic mass is 16.4. The molecule has 0 aromatic carbocycles. The molecule has 14 heteroatoms. The second kappa shape index (κ2) is 8.17. The molecule has 0 saturated heterocycles. The number of hydrogen-bond acceptors (Lipinski definition) is 10. The van der Waals surface area contributed by atoms with Crippen molar-refractivity contribution in [2.45, 2.75) is 24.9 Å². The van der Waals surface area contributed by atoms with E-state index in [0.29, 0.717) is 0 Å². The summed E-state index contributed by atoms with van der Waals surface area (Å²) in [6, 6.07) is 0. The van der Waals surface area contributed by atoms with Gasteiger partial charge in [0, 0.05) is 14.1 Å². The molecule has 5 N–H and O–H groups in total. The number of rotatable bonds is 7. The van der Waals surface area contributed by atoms with Crippen LogP contribution in [0.4, 0.5) is 0 Å². The van der Waals surface area contributed by atoms with Gasteiger partial charge in [-0.3, -0.25) is 18.7 Å². The molecule has 3 atom stereocenters. The minimum atomic E-state index is -1.70. The molecule has 0 radical (unpaired) electrons. The van der Waals surface area contributed by atoms with Crippen molar-refractivity contribution < 1.29 is 25.2 Å². The molecule has 0 aliphatic rings. The fraction of sp³-hybridized carbons (Fsp3) is 0.538. The lowest BCUT2D eigenvalue weighted by Gasteiger charge is -2.17. The maximum atomic E-state index is 12.2. The summed E-state index contributed by atoms with van der Waals surface area (Å²) in [5.74, 6) is -0.738. The maximum absolute atomic E-state index is 12.2. The van der Waals surface area contributed by atoms with Crippen LogP contribution in [0.3, 0.4) is 0 Å². The van der Waals surface area contributed by atoms with Crippen LogP contribution in [-0.4, -0.2) is 81.6 Å². The number of fused-ring (bicyclic) bond motifs is 1. The first-order chi connectivity index (χ1) is 12.7. The van der Waals surface area contributed by atoms with Crippen LogP contribution in [0.1, 0.15) is 0 Å². The zero-order valence-electron chi connectivity index (χ0n) is 14.4. The van der Waals surface area contributed by atoms with E-state index in [1.54, 1.807) is 0 Å². The lowest BCUT2D eigenvalue weighted by molar-refractivity contribution is -0.121. The molecule has 2 rings (SSSR count). The highest BCUT2D eigenvalue weighted by Crippen LogP contribution is 2.02. The predicted molar refractivity (Wildman–Crippen MR) is 89.8 cm³/mol. The Morgan fingerprint density at radius 3 is 2.56 bits per heavy atom. The molecule has 14 nitrogen and oxygen atoms in total. The Labute approximate surface area is 150 Å². The number of hydrogen-bond donors (Lipinski definition) is 5. The van der Waals surface area contributed by atoms with E-state index in [0.717, 1.165) is 20.0 Å². The van der Waals surface area contributed by atoms with E-state index in [1.165, 1.54) is 14.1 Å². The lowest BCUT2D eigenvalue weighted by Crippen LogP contribution is -2.40. The van der Waals surface area contributed by atoms with Crippen molar-refractivity contribution in [3.05, 3.63) is 20.8 Å². The number of carbonyl (C=O) groups is 1. The quantitative estimate of drug-likeness (QED) is 0.229. The minimum absolute atomic E-state index is 0.0101. The molecule has 148 valence electrons. The smallest absolute Gasteiger partial charge is 0.332 e. The third-order valence-corrected chi connectivity index (χ3v) is 3.76. The van der Waals surface area contributed by atoms with Crippen LogP contribution in [0.5, 0.6) is 0 Å². The molecule has 0 aliphatic heterocycles. The molecular formula is C13H19N7O7. The van der Waals surface area contributed by atoms with Crippen molar-refractivity contribution in [2.75, 3.05) is 6.61 Å². The predicted octanol–water partition coefficient (Wildman–Crippen LogP) is -4.99. The van der Waals surface area contributed by atoms with Gasteiger partial charge in [-0.25, -0.2) is 14.9 Å². The van der Waals surface area contributed by atoms with Gasteiger partial charge in [-0.1, -0.05) is 5.21 Å². The van der Waals surface area contributed by atoms with Gasteiger partial charge in [0.15, 0.2) is 11.2 Å². The summed E-state index contributed by atoms with van der Waals surface area (Å²) in [7, 11) is 2.68. The molecule has 0 aliphatic carbocycles. The number of aliphatic hydroxyl groups excluding tert-OH is 4. The highest BCUT2D eigenvalue weighted by molar-refractivity contribution is 5.79. The normalized spacial score (nSPS) is 15.2. The standard InChI is InChI=1S/C13H19N7O7/c1-18-11-9(12(26)19(2)13(18)27)20(17-16-11)4-8(24)15-14-3-6(22)10(25)7(23)5-21/h3,6-7,10,21-23,25H,4-5H2,1-2H3,(H,15,24)/b14-3+/t6-,7+,10-/m0/s1. The number of nitrogens with one attached hydrogen (secondary N) is 1. The number of aryl methyl sites for hydroxylation is 1. The fourth-order valence-electron chi connectivity index (χ4n) is 2.19. The molecule has 0 fully saturated rings. The van der Waals surface area contributed by atoms with Gasteiger partial charge in [0.05, 0.1) is 12.8 Å². The van der Waals surface area contributed by atoms with E-state index in [9.17, 15) is 29.7 Å². The van der Waals surface area contributed by atoms with Gasteiger partial charge in [0.2, 0.25) is 0 Å². The molecule has 0 spiro atoms. The van der Waals surface area contributed by atoms with Crippen molar-refractivity contribution in [1.82, 2.24) is 29.6 Å². The Morgan fingerprint density at radius 2 is 1.93 bits per heavy atom. The van der Waals surface area contributed by atoms with Gasteiger partial charge < -0.3 is 20.4 Å². The molecule has 0 saturated carbocycles. The number of amides is 1. The Morgan fingerprint density at radius 1 is 1.26 bits per heavy atom. The van der Waals surface area contributed by atoms with Gasteiger partial charge in [-0.05, 0) is 0 Å². The summed E-state index contributed by atoms with van der Waals surface area (Å²) >= 11 is 0. The first-order valence-corrected chi connectivity index (χ1v) is 7.65. The van der Waals surface area contributed by atoms with Crippen LogP contribution in [0.15, 0.2) is 14.7 Å². The van der Waals surface area contributed by atoms with Crippen LogP contribution < -0.4 is 16.7 Å². The third kappa shape index (κ3) is 4.08. The molecule has 2 aromatic heterocycles. The van der Waals surface area contributed by atoms with Gasteiger partial charge in [0.1, 0.15) is 24.9 Å². The second-order valence-corrected chi connectivity index (χ2v) is 5.67. The number of nitrogens with zero attached hydrogens (tertiary/aromatic N) is 6. The van der Waals surface area contributed by atoms with Crippen LogP contribution >= 0.6 is 0 Å². The Bertz CT molecular complexity index is 976. The topological polar surface area (TPSA) is 197 Å². The van der Waals surface area contributed by atoms with E-state index in [4.69, 9.17) is 5.11 Å². The molecular weight excluding hydrogens is 366 g/mol. The minimum Gasteiger partial charge on any atom is -0.394 e. The summed E-state index contributed by atoms with van der Waals surface area (Å²) in [4.78, 5) is 36.0. The zero-order chi connectivity index (χ0) is 20.3. The molecule has 2 aromatic rings. The molecule has 27 heavy (non-hydrogen) atoms. The van der Waals surface area contributed by atoms with Crippen molar-refractivity contribution in [1.29, 1.82) is 0 Å². The average molecular weight is 385 g/mol. The van der Waals surface area contributed by atoms with E-state index >= 15 is 0 Å². The SMILES string of the molecule is Cn1c(=O)c2c(nnn2CC(=O)N/N=C/[C@H](O)[C@H](O)[C@H](O)CO)n(C)c1=O. The molecule has 0 bridgehead atoms. The van der Waals surface area contributed by atoms with Crippen LogP contribution in [0.25, 0.3) is 11.2 Å². The van der Waals surface area contributed by atoms with E-state index in [2.05, 4.69) is 15.4 Å². The number of carbonyl (C=O) groups excluding carboxylic acids is 1. The number of aliphatic hydroxyl groups is 4. The van der Waals surface area contributed by atoms with Crippen LogP contribution in [0.2, 0.25) is 0 Å². The van der Waals surface area contributed by atoms with E-state index in [1.807, 2.05) is 5.43 Å². The lowest BCUT2D eigenvalue weighted by atomic mass is 10.1. The molecule has 0 unspecified atom stereocenters. The monoisotopic (exact) mass is 385 g/mol. The van der Waals surface area contributed by atoms with Crippen LogP contribution in [-0.2, 0) is 25.4 Å². The average Bonchev–Trinajstić information content (AvgIpc) is 3.06. The molecule has 1 amide bonds. The van der Waals surface area contributed by atoms with Gasteiger partial charge in [-0.2, -0.15) is 5.10 Å². The number of aromatic nitrogens is 5. The summed E-state index contributed by atoms with van der Waals surface area (Å²) < 4.78 is 2.95. The second-order valence-electron chi connectivity index (χ2n) is 5.67. The van der Waals surface area contributed by atoms with Crippen LogP contribution in [0, 0.1) is 0 Å². The summed E-state index contributed by atoms with van der Waals surface area (Å²) in [5, 5.41) is 47.6. The Balaban J connectivity index is 2.12. The maximum Gasteiger partial charge on any atom is 0.332 e. The largest absolute Gasteiger partial charge is 0.394 e. The highest BCUT2D eigenvalue weighted by Gasteiger charge is 2.22. The molecule has 2 heterocycles. The fourth-order valence-corrected chi connectivity index (χ4v) is 2.19. The van der Waals surface area contributed by atoms with Crippen molar-refractivity contribution in [3.8, 4) is 0 Å². The van der Waals surface area contributed by atoms with E-state index < -0.39 is 48.6 Å². The van der Waals surface area contributed by atoms with E-state index in [-0.39, 0.29) is 11.2 Å². The third-order valence-electron chi connectivity index (χ3n) is 3.76. The zero-order valence-corrected chi connectivity index (χ0v) is 14.4. The first kappa shape index (κ1) is 20.4.